The number of rotatable bonds is 3. The zero-order valence-electron chi connectivity index (χ0n) is 19.3. The summed E-state index contributed by atoms with van der Waals surface area (Å²) in [5, 5.41) is 0. The summed E-state index contributed by atoms with van der Waals surface area (Å²) in [6, 6.07) is 5.03. The lowest BCUT2D eigenvalue weighted by Crippen LogP contribution is -2.49. The first-order valence-electron chi connectivity index (χ1n) is 10.6. The lowest BCUT2D eigenvalue weighted by molar-refractivity contribution is 0.00578. The third kappa shape index (κ3) is 5.15. The Labute approximate surface area is 179 Å². The van der Waals surface area contributed by atoms with E-state index in [1.807, 2.05) is 54.5 Å². The molecular formula is C22H34BFN2O4. The molecule has 8 heteroatoms. The molecular weight excluding hydrogens is 386 g/mol. The Balaban J connectivity index is 1.62. The fourth-order valence-electron chi connectivity index (χ4n) is 3.50. The summed E-state index contributed by atoms with van der Waals surface area (Å²) in [6.07, 6.45) is -0.295. The fourth-order valence-corrected chi connectivity index (χ4v) is 3.50. The van der Waals surface area contributed by atoms with Crippen molar-refractivity contribution < 1.29 is 23.2 Å². The van der Waals surface area contributed by atoms with E-state index >= 15 is 0 Å². The summed E-state index contributed by atoms with van der Waals surface area (Å²) in [7, 11) is -0.515. The van der Waals surface area contributed by atoms with Gasteiger partial charge >= 0.3 is 13.2 Å². The maximum atomic E-state index is 14.5. The molecule has 0 spiro atoms. The van der Waals surface area contributed by atoms with E-state index in [-0.39, 0.29) is 11.9 Å². The largest absolute Gasteiger partial charge is 0.494 e. The molecule has 0 N–H and O–H groups in total. The van der Waals surface area contributed by atoms with Gasteiger partial charge in [-0.25, -0.2) is 9.18 Å². The van der Waals surface area contributed by atoms with Gasteiger partial charge in [0.05, 0.1) is 11.2 Å². The summed E-state index contributed by atoms with van der Waals surface area (Å²) in [6.45, 7) is 16.5. The van der Waals surface area contributed by atoms with E-state index in [2.05, 4.69) is 4.90 Å². The molecule has 2 aliphatic heterocycles. The van der Waals surface area contributed by atoms with Crippen molar-refractivity contribution >= 4 is 18.7 Å². The van der Waals surface area contributed by atoms with Gasteiger partial charge in [0, 0.05) is 38.3 Å². The van der Waals surface area contributed by atoms with Gasteiger partial charge in [0.2, 0.25) is 0 Å². The van der Waals surface area contributed by atoms with Crippen LogP contribution in [0.3, 0.4) is 0 Å². The predicted molar refractivity (Wildman–Crippen MR) is 115 cm³/mol. The predicted octanol–water partition coefficient (Wildman–Crippen LogP) is 3.18. The maximum Gasteiger partial charge on any atom is 0.494 e. The molecule has 166 valence electrons. The SMILES string of the molecule is CC(C)(C)OC(=O)N1CCN(Cc2cc(B3OC(C)(C)C(C)(C)O3)ccc2F)CC1. The molecule has 1 amide bonds. The van der Waals surface area contributed by atoms with E-state index in [0.717, 1.165) is 5.46 Å². The molecule has 6 nitrogen and oxygen atoms in total. The molecule has 2 heterocycles. The van der Waals surface area contributed by atoms with Crippen molar-refractivity contribution in [1.29, 1.82) is 0 Å². The number of piperazine rings is 1. The number of halogens is 1. The molecule has 0 bridgehead atoms. The normalized spacial score (nSPS) is 21.7. The number of hydrogen-bond donors (Lipinski definition) is 0. The van der Waals surface area contributed by atoms with Crippen molar-refractivity contribution in [2.24, 2.45) is 0 Å². The molecule has 0 aliphatic carbocycles. The van der Waals surface area contributed by atoms with Crippen LogP contribution in [0.15, 0.2) is 18.2 Å². The Kier molecular flexibility index (Phi) is 6.24. The zero-order chi connectivity index (χ0) is 22.3. The molecule has 30 heavy (non-hydrogen) atoms. The third-order valence-corrected chi connectivity index (χ3v) is 6.01. The van der Waals surface area contributed by atoms with E-state index < -0.39 is 23.9 Å². The van der Waals surface area contributed by atoms with E-state index in [0.29, 0.717) is 38.3 Å². The molecule has 1 aromatic carbocycles. The molecule has 0 aromatic heterocycles. The number of carbonyl (C=O) groups excluding carboxylic acids is 1. The second kappa shape index (κ2) is 8.13. The molecule has 0 unspecified atom stereocenters. The molecule has 2 aliphatic rings. The zero-order valence-corrected chi connectivity index (χ0v) is 19.3. The second-order valence-electron chi connectivity index (χ2n) is 10.2. The summed E-state index contributed by atoms with van der Waals surface area (Å²) in [5.41, 5.74) is 0.0325. The number of ether oxygens (including phenoxy) is 1. The average Bonchev–Trinajstić information content (AvgIpc) is 2.83. The van der Waals surface area contributed by atoms with Crippen LogP contribution in [0.1, 0.15) is 54.0 Å². The van der Waals surface area contributed by atoms with Crippen LogP contribution in [0.25, 0.3) is 0 Å². The Morgan fingerprint density at radius 1 is 1.10 bits per heavy atom. The smallest absolute Gasteiger partial charge is 0.444 e. The standard InChI is InChI=1S/C22H34BFN2O4/c1-20(2,3)28-19(27)26-12-10-25(11-13-26)15-16-14-17(8-9-18(16)24)23-29-21(4,5)22(6,7)30-23/h8-9,14H,10-13,15H2,1-7H3. The molecule has 0 radical (unpaired) electrons. The van der Waals surface area contributed by atoms with Crippen molar-refractivity contribution in [3.05, 3.63) is 29.6 Å². The summed E-state index contributed by atoms with van der Waals surface area (Å²) >= 11 is 0. The van der Waals surface area contributed by atoms with Crippen molar-refractivity contribution in [3.8, 4) is 0 Å². The molecule has 0 saturated carbocycles. The van der Waals surface area contributed by atoms with Crippen molar-refractivity contribution in [3.63, 3.8) is 0 Å². The van der Waals surface area contributed by atoms with E-state index in [9.17, 15) is 9.18 Å². The number of benzene rings is 1. The topological polar surface area (TPSA) is 51.2 Å². The Morgan fingerprint density at radius 2 is 1.67 bits per heavy atom. The first-order valence-corrected chi connectivity index (χ1v) is 10.6. The van der Waals surface area contributed by atoms with E-state index in [1.54, 1.807) is 11.0 Å². The first-order chi connectivity index (χ1) is 13.8. The summed E-state index contributed by atoms with van der Waals surface area (Å²) in [4.78, 5) is 16.1. The number of amides is 1. The number of nitrogens with zero attached hydrogens (tertiary/aromatic N) is 2. The van der Waals surface area contributed by atoms with Crippen LogP contribution in [-0.4, -0.2) is 66.0 Å². The van der Waals surface area contributed by atoms with Crippen molar-refractivity contribution in [2.75, 3.05) is 26.2 Å². The molecule has 2 saturated heterocycles. The van der Waals surface area contributed by atoms with Gasteiger partial charge in [-0.05, 0) is 60.0 Å². The van der Waals surface area contributed by atoms with Gasteiger partial charge in [-0.15, -0.1) is 0 Å². The Hall–Kier alpha value is -1.64. The van der Waals surface area contributed by atoms with E-state index in [4.69, 9.17) is 14.0 Å². The van der Waals surface area contributed by atoms with Gasteiger partial charge in [-0.2, -0.15) is 0 Å². The van der Waals surface area contributed by atoms with Crippen LogP contribution >= 0.6 is 0 Å². The average molecular weight is 420 g/mol. The highest BCUT2D eigenvalue weighted by atomic mass is 19.1. The fraction of sp³-hybridized carbons (Fsp3) is 0.682. The molecule has 0 atom stereocenters. The number of carbonyl (C=O) groups is 1. The summed E-state index contributed by atoms with van der Waals surface area (Å²) < 4.78 is 32.1. The van der Waals surface area contributed by atoms with Crippen LogP contribution in [0.2, 0.25) is 0 Å². The molecule has 2 fully saturated rings. The van der Waals surface area contributed by atoms with Gasteiger partial charge in [0.25, 0.3) is 0 Å². The second-order valence-corrected chi connectivity index (χ2v) is 10.2. The van der Waals surface area contributed by atoms with Gasteiger partial charge in [-0.1, -0.05) is 12.1 Å². The Morgan fingerprint density at radius 3 is 2.20 bits per heavy atom. The van der Waals surface area contributed by atoms with Crippen LogP contribution in [0.4, 0.5) is 9.18 Å². The Bertz CT molecular complexity index is 770. The highest BCUT2D eigenvalue weighted by Gasteiger charge is 2.51. The van der Waals surface area contributed by atoms with Crippen molar-refractivity contribution in [2.45, 2.75) is 71.8 Å². The lowest BCUT2D eigenvalue weighted by atomic mass is 9.78. The minimum absolute atomic E-state index is 0.246. The monoisotopic (exact) mass is 420 g/mol. The molecule has 3 rings (SSSR count). The minimum Gasteiger partial charge on any atom is -0.444 e. The quantitative estimate of drug-likeness (QED) is 0.704. The first kappa shape index (κ1) is 23.0. The third-order valence-electron chi connectivity index (χ3n) is 6.01. The lowest BCUT2D eigenvalue weighted by Gasteiger charge is -2.35. The highest BCUT2D eigenvalue weighted by molar-refractivity contribution is 6.62. The van der Waals surface area contributed by atoms with Crippen LogP contribution in [-0.2, 0) is 20.6 Å². The van der Waals surface area contributed by atoms with Crippen molar-refractivity contribution in [1.82, 2.24) is 9.80 Å². The number of hydrogen-bond acceptors (Lipinski definition) is 5. The molecule has 1 aromatic rings. The van der Waals surface area contributed by atoms with E-state index in [1.165, 1.54) is 6.07 Å². The van der Waals surface area contributed by atoms with Gasteiger partial charge in [-0.3, -0.25) is 4.90 Å². The highest BCUT2D eigenvalue weighted by Crippen LogP contribution is 2.36. The van der Waals surface area contributed by atoms with Crippen LogP contribution < -0.4 is 5.46 Å². The van der Waals surface area contributed by atoms with Crippen LogP contribution in [0, 0.1) is 5.82 Å². The maximum absolute atomic E-state index is 14.5. The minimum atomic E-state index is -0.515. The summed E-state index contributed by atoms with van der Waals surface area (Å²) in [5.74, 6) is -0.246. The van der Waals surface area contributed by atoms with Gasteiger partial charge in [0.1, 0.15) is 11.4 Å². The van der Waals surface area contributed by atoms with Gasteiger partial charge < -0.3 is 18.9 Å². The van der Waals surface area contributed by atoms with Crippen LogP contribution in [0.5, 0.6) is 0 Å². The van der Waals surface area contributed by atoms with Gasteiger partial charge in [0.15, 0.2) is 0 Å².